The third-order valence-corrected chi connectivity index (χ3v) is 13.3. The molecule has 65 heavy (non-hydrogen) atoms. The largest absolute Gasteiger partial charge is 0.309 e. The van der Waals surface area contributed by atoms with E-state index in [4.69, 9.17) is 0 Å². The van der Waals surface area contributed by atoms with Gasteiger partial charge >= 0.3 is 0 Å². The molecule has 13 aromatic rings. The van der Waals surface area contributed by atoms with E-state index in [2.05, 4.69) is 263 Å². The van der Waals surface area contributed by atoms with Crippen LogP contribution in [0.3, 0.4) is 0 Å². The topological polar surface area (TPSA) is 13.1 Å². The molecular formula is C62H41N3. The summed E-state index contributed by atoms with van der Waals surface area (Å²) in [5.41, 5.74) is 15.1. The van der Waals surface area contributed by atoms with Crippen molar-refractivity contribution < 1.29 is 0 Å². The highest BCUT2D eigenvalue weighted by Crippen LogP contribution is 2.48. The predicted molar refractivity (Wildman–Crippen MR) is 276 cm³/mol. The third kappa shape index (κ3) is 5.90. The summed E-state index contributed by atoms with van der Waals surface area (Å²) in [7, 11) is 0. The highest BCUT2D eigenvalue weighted by molar-refractivity contribution is 6.20. The van der Waals surface area contributed by atoms with E-state index in [1.165, 1.54) is 76.4 Å². The molecular weight excluding hydrogens is 787 g/mol. The summed E-state index contributed by atoms with van der Waals surface area (Å²) in [5, 5.41) is 9.84. The SMILES string of the molecule is c1ccc(N(c2cccc3c2c2ccccc2n3-c2ccc(-c3cccc4ccccc34)cc2)c2cccc3c2c2ccccc2n3-c2ccc(-c3cccc4ccccc34)cc2)cc1. The van der Waals surface area contributed by atoms with Crippen LogP contribution < -0.4 is 4.90 Å². The molecule has 0 aliphatic rings. The molecule has 0 amide bonds. The minimum absolute atomic E-state index is 1.10. The summed E-state index contributed by atoms with van der Waals surface area (Å²) in [4.78, 5) is 2.48. The second-order valence-electron chi connectivity index (χ2n) is 16.9. The third-order valence-electron chi connectivity index (χ3n) is 13.3. The van der Waals surface area contributed by atoms with Gasteiger partial charge < -0.3 is 14.0 Å². The summed E-state index contributed by atoms with van der Waals surface area (Å²) in [6, 6.07) is 90.7. The van der Waals surface area contributed by atoms with Crippen LogP contribution in [0.15, 0.2) is 249 Å². The molecule has 13 rings (SSSR count). The molecule has 304 valence electrons. The fraction of sp³-hybridized carbons (Fsp3) is 0. The lowest BCUT2D eigenvalue weighted by Crippen LogP contribution is -2.11. The van der Waals surface area contributed by atoms with Crippen LogP contribution in [-0.4, -0.2) is 9.13 Å². The van der Waals surface area contributed by atoms with E-state index >= 15 is 0 Å². The summed E-state index contributed by atoms with van der Waals surface area (Å²) < 4.78 is 4.86. The number of fused-ring (bicyclic) bond motifs is 8. The van der Waals surface area contributed by atoms with E-state index in [1.807, 2.05) is 0 Å². The van der Waals surface area contributed by atoms with Crippen LogP contribution in [0.4, 0.5) is 17.1 Å². The quantitative estimate of drug-likeness (QED) is 0.156. The number of hydrogen-bond acceptors (Lipinski definition) is 1. The van der Waals surface area contributed by atoms with Crippen molar-refractivity contribution in [3.63, 3.8) is 0 Å². The Hall–Kier alpha value is -8.66. The van der Waals surface area contributed by atoms with E-state index in [-0.39, 0.29) is 0 Å². The van der Waals surface area contributed by atoms with Crippen molar-refractivity contribution >= 4 is 82.2 Å². The van der Waals surface area contributed by atoms with Gasteiger partial charge in [-0.3, -0.25) is 0 Å². The lowest BCUT2D eigenvalue weighted by Gasteiger charge is -2.27. The van der Waals surface area contributed by atoms with Gasteiger partial charge in [0.2, 0.25) is 0 Å². The molecule has 0 unspecified atom stereocenters. The number of para-hydroxylation sites is 3. The van der Waals surface area contributed by atoms with Crippen molar-refractivity contribution in [3.8, 4) is 33.6 Å². The highest BCUT2D eigenvalue weighted by atomic mass is 15.2. The Kier molecular flexibility index (Phi) is 8.53. The van der Waals surface area contributed by atoms with Crippen LogP contribution in [0.5, 0.6) is 0 Å². The molecule has 0 atom stereocenters. The van der Waals surface area contributed by atoms with Gasteiger partial charge in [0, 0.05) is 38.6 Å². The van der Waals surface area contributed by atoms with Gasteiger partial charge in [0.25, 0.3) is 0 Å². The van der Waals surface area contributed by atoms with Gasteiger partial charge in [0.15, 0.2) is 0 Å². The molecule has 0 bridgehead atoms. The van der Waals surface area contributed by atoms with Crippen LogP contribution in [0.25, 0.3) is 98.8 Å². The smallest absolute Gasteiger partial charge is 0.0562 e. The van der Waals surface area contributed by atoms with Gasteiger partial charge in [0.1, 0.15) is 0 Å². The van der Waals surface area contributed by atoms with Crippen LogP contribution >= 0.6 is 0 Å². The standard InChI is InChI=1S/C62H41N3/c1-2-20-46(21-3-1)65(59-32-14-30-57-61(59)53-24-8-10-28-55(53)63(57)47-38-34-44(35-39-47)51-26-12-18-42-16-4-6-22-49(42)51)60-33-15-31-58-62(60)54-25-9-11-29-56(54)64(58)48-40-36-45(37-41-48)52-27-13-19-43-17-5-7-23-50(43)52/h1-41H. The first-order valence-electron chi connectivity index (χ1n) is 22.4. The van der Waals surface area contributed by atoms with E-state index in [1.54, 1.807) is 0 Å². The van der Waals surface area contributed by atoms with Gasteiger partial charge in [-0.25, -0.2) is 0 Å². The van der Waals surface area contributed by atoms with Gasteiger partial charge in [-0.15, -0.1) is 0 Å². The van der Waals surface area contributed by atoms with Crippen molar-refractivity contribution in [3.05, 3.63) is 249 Å². The van der Waals surface area contributed by atoms with Crippen molar-refractivity contribution in [2.45, 2.75) is 0 Å². The van der Waals surface area contributed by atoms with Crippen molar-refractivity contribution in [2.75, 3.05) is 4.90 Å². The molecule has 2 aromatic heterocycles. The van der Waals surface area contributed by atoms with Crippen molar-refractivity contribution in [1.29, 1.82) is 0 Å². The number of hydrogen-bond donors (Lipinski definition) is 0. The first-order chi connectivity index (χ1) is 32.3. The van der Waals surface area contributed by atoms with Gasteiger partial charge in [-0.05, 0) is 117 Å². The zero-order chi connectivity index (χ0) is 42.8. The van der Waals surface area contributed by atoms with Gasteiger partial charge in [-0.2, -0.15) is 0 Å². The minimum Gasteiger partial charge on any atom is -0.309 e. The van der Waals surface area contributed by atoms with Crippen LogP contribution in [0.1, 0.15) is 0 Å². The van der Waals surface area contributed by atoms with Crippen LogP contribution in [0, 0.1) is 0 Å². The average Bonchev–Trinajstić information content (AvgIpc) is 3.90. The molecule has 0 aliphatic heterocycles. The van der Waals surface area contributed by atoms with Crippen molar-refractivity contribution in [2.24, 2.45) is 0 Å². The summed E-state index contributed by atoms with van der Waals surface area (Å²) in [6.45, 7) is 0. The number of benzene rings is 11. The van der Waals surface area contributed by atoms with E-state index in [9.17, 15) is 0 Å². The lowest BCUT2D eigenvalue weighted by atomic mass is 9.98. The maximum atomic E-state index is 2.48. The second-order valence-corrected chi connectivity index (χ2v) is 16.9. The first kappa shape index (κ1) is 36.9. The molecule has 0 saturated carbocycles. The second kappa shape index (κ2) is 15.0. The molecule has 0 N–H and O–H groups in total. The molecule has 0 fully saturated rings. The molecule has 11 aromatic carbocycles. The fourth-order valence-corrected chi connectivity index (χ4v) is 10.4. The lowest BCUT2D eigenvalue weighted by molar-refractivity contribution is 1.18. The molecule has 3 nitrogen and oxygen atoms in total. The molecule has 0 saturated heterocycles. The number of aromatic nitrogens is 2. The highest BCUT2D eigenvalue weighted by Gasteiger charge is 2.25. The Bertz CT molecular complexity index is 3680. The number of anilines is 3. The monoisotopic (exact) mass is 827 g/mol. The normalized spacial score (nSPS) is 11.7. The van der Waals surface area contributed by atoms with E-state index in [0.717, 1.165) is 39.5 Å². The minimum atomic E-state index is 1.10. The molecule has 0 aliphatic carbocycles. The average molecular weight is 828 g/mol. The summed E-state index contributed by atoms with van der Waals surface area (Å²) in [6.07, 6.45) is 0. The predicted octanol–water partition coefficient (Wildman–Crippen LogP) is 17.0. The number of nitrogens with zero attached hydrogens (tertiary/aromatic N) is 3. The number of rotatable bonds is 7. The fourth-order valence-electron chi connectivity index (χ4n) is 10.4. The molecule has 0 spiro atoms. The molecule has 3 heteroatoms. The van der Waals surface area contributed by atoms with Crippen molar-refractivity contribution in [1.82, 2.24) is 9.13 Å². The summed E-state index contributed by atoms with van der Waals surface area (Å²) >= 11 is 0. The van der Waals surface area contributed by atoms with Crippen LogP contribution in [-0.2, 0) is 0 Å². The summed E-state index contributed by atoms with van der Waals surface area (Å²) in [5.74, 6) is 0. The Labute approximate surface area is 376 Å². The maximum Gasteiger partial charge on any atom is 0.0562 e. The Morgan fingerprint density at radius 1 is 0.262 bits per heavy atom. The molecule has 0 radical (unpaired) electrons. The zero-order valence-electron chi connectivity index (χ0n) is 35.5. The van der Waals surface area contributed by atoms with Gasteiger partial charge in [0.05, 0.1) is 33.4 Å². The van der Waals surface area contributed by atoms with Gasteiger partial charge in [-0.1, -0.05) is 176 Å². The van der Waals surface area contributed by atoms with E-state index < -0.39 is 0 Å². The Morgan fingerprint density at radius 2 is 0.631 bits per heavy atom. The Morgan fingerprint density at radius 3 is 1.11 bits per heavy atom. The Balaban J connectivity index is 0.997. The maximum absolute atomic E-state index is 2.48. The van der Waals surface area contributed by atoms with Crippen LogP contribution in [0.2, 0.25) is 0 Å². The first-order valence-corrected chi connectivity index (χ1v) is 22.4. The molecule has 2 heterocycles. The van der Waals surface area contributed by atoms with E-state index in [0.29, 0.717) is 0 Å². The zero-order valence-corrected chi connectivity index (χ0v) is 35.5.